The van der Waals surface area contributed by atoms with Crippen molar-refractivity contribution in [2.45, 2.75) is 12.5 Å². The number of aliphatic hydroxyl groups excluding tert-OH is 1. The summed E-state index contributed by atoms with van der Waals surface area (Å²) in [5.74, 6) is 0. The lowest BCUT2D eigenvalue weighted by atomic mass is 10.1. The van der Waals surface area contributed by atoms with Crippen molar-refractivity contribution in [3.05, 3.63) is 20.8 Å². The average Bonchev–Trinajstić information content (AvgIpc) is 2.74. The van der Waals surface area contributed by atoms with Gasteiger partial charge >= 0.3 is 0 Å². The van der Waals surface area contributed by atoms with Gasteiger partial charge in [-0.25, -0.2) is 0 Å². The van der Waals surface area contributed by atoms with Crippen LogP contribution in [0.5, 0.6) is 0 Å². The molecule has 2 N–H and O–H groups in total. The summed E-state index contributed by atoms with van der Waals surface area (Å²) in [6.07, 6.45) is 0.826. The number of rotatable bonds is 4. The van der Waals surface area contributed by atoms with Crippen molar-refractivity contribution in [2.24, 2.45) is 0 Å². The number of hydrogen-bond donors (Lipinski definition) is 2. The molecule has 0 amide bonds. The molecule has 0 aliphatic carbocycles. The minimum Gasteiger partial charge on any atom is -0.396 e. The van der Waals surface area contributed by atoms with E-state index >= 15 is 0 Å². The number of nitrogens with zero attached hydrogens (tertiary/aromatic N) is 1. The second-order valence-electron chi connectivity index (χ2n) is 3.96. The highest BCUT2D eigenvalue weighted by molar-refractivity contribution is 9.11. The van der Waals surface area contributed by atoms with E-state index in [-0.39, 0.29) is 6.61 Å². The highest BCUT2D eigenvalue weighted by Gasteiger charge is 2.22. The Labute approximate surface area is 109 Å². The molecular formula is C11H17BrN2OS. The molecule has 0 bridgehead atoms. The van der Waals surface area contributed by atoms with Crippen LogP contribution in [0, 0.1) is 0 Å². The van der Waals surface area contributed by atoms with E-state index in [1.807, 2.05) is 0 Å². The molecule has 90 valence electrons. The lowest BCUT2D eigenvalue weighted by molar-refractivity contribution is 0.143. The summed E-state index contributed by atoms with van der Waals surface area (Å²) < 4.78 is 1.17. The number of piperazine rings is 1. The van der Waals surface area contributed by atoms with Crippen molar-refractivity contribution in [2.75, 3.05) is 32.8 Å². The third kappa shape index (κ3) is 3.05. The number of nitrogens with one attached hydrogen (secondary N) is 1. The Morgan fingerprint density at radius 1 is 1.44 bits per heavy atom. The summed E-state index contributed by atoms with van der Waals surface area (Å²) in [5.41, 5.74) is 0. The first-order valence-corrected chi connectivity index (χ1v) is 7.23. The van der Waals surface area contributed by atoms with Gasteiger partial charge in [-0.2, -0.15) is 0 Å². The first-order valence-electron chi connectivity index (χ1n) is 5.62. The van der Waals surface area contributed by atoms with Gasteiger partial charge < -0.3 is 10.4 Å². The molecule has 3 nitrogen and oxygen atoms in total. The molecule has 0 radical (unpaired) electrons. The van der Waals surface area contributed by atoms with Crippen LogP contribution < -0.4 is 5.32 Å². The Morgan fingerprint density at radius 3 is 2.75 bits per heavy atom. The first-order chi connectivity index (χ1) is 7.81. The zero-order valence-electron chi connectivity index (χ0n) is 9.16. The Balaban J connectivity index is 2.09. The van der Waals surface area contributed by atoms with E-state index in [0.29, 0.717) is 6.04 Å². The van der Waals surface area contributed by atoms with Gasteiger partial charge in [0, 0.05) is 43.7 Å². The minimum absolute atomic E-state index is 0.254. The highest BCUT2D eigenvalue weighted by atomic mass is 79.9. The molecule has 1 aromatic rings. The van der Waals surface area contributed by atoms with E-state index in [1.54, 1.807) is 11.3 Å². The monoisotopic (exact) mass is 304 g/mol. The van der Waals surface area contributed by atoms with Gasteiger partial charge in [-0.15, -0.1) is 11.3 Å². The van der Waals surface area contributed by atoms with Crippen molar-refractivity contribution in [3.63, 3.8) is 0 Å². The van der Waals surface area contributed by atoms with E-state index in [0.717, 1.165) is 32.6 Å². The van der Waals surface area contributed by atoms with E-state index in [4.69, 9.17) is 0 Å². The zero-order valence-corrected chi connectivity index (χ0v) is 11.6. The predicted octanol–water partition coefficient (Wildman–Crippen LogP) is 1.84. The second kappa shape index (κ2) is 6.12. The fourth-order valence-corrected chi connectivity index (χ4v) is 3.72. The Kier molecular flexibility index (Phi) is 4.79. The zero-order chi connectivity index (χ0) is 11.4. The highest BCUT2D eigenvalue weighted by Crippen LogP contribution is 2.32. The van der Waals surface area contributed by atoms with Gasteiger partial charge in [0.2, 0.25) is 0 Å². The maximum absolute atomic E-state index is 9.19. The van der Waals surface area contributed by atoms with E-state index in [1.165, 1.54) is 8.66 Å². The average molecular weight is 305 g/mol. The lowest BCUT2D eigenvalue weighted by Gasteiger charge is -2.34. The van der Waals surface area contributed by atoms with Crippen LogP contribution >= 0.6 is 27.3 Å². The van der Waals surface area contributed by atoms with Gasteiger partial charge in [-0.05, 0) is 34.5 Å². The van der Waals surface area contributed by atoms with Crippen LogP contribution in [0.15, 0.2) is 15.9 Å². The Bertz CT molecular complexity index is 326. The number of aliphatic hydroxyl groups is 1. The summed E-state index contributed by atoms with van der Waals surface area (Å²) in [6, 6.07) is 4.63. The maximum Gasteiger partial charge on any atom is 0.0701 e. The SMILES string of the molecule is OCCC(c1ccc(Br)s1)N1CCNCC1. The lowest BCUT2D eigenvalue weighted by Crippen LogP contribution is -2.45. The largest absolute Gasteiger partial charge is 0.396 e. The predicted molar refractivity (Wildman–Crippen MR) is 70.9 cm³/mol. The molecule has 16 heavy (non-hydrogen) atoms. The smallest absolute Gasteiger partial charge is 0.0701 e. The summed E-state index contributed by atoms with van der Waals surface area (Å²) in [7, 11) is 0. The summed E-state index contributed by atoms with van der Waals surface area (Å²) >= 11 is 5.27. The minimum atomic E-state index is 0.254. The van der Waals surface area contributed by atoms with Gasteiger partial charge in [0.25, 0.3) is 0 Å². The van der Waals surface area contributed by atoms with Gasteiger partial charge in [-0.3, -0.25) is 4.90 Å². The fraction of sp³-hybridized carbons (Fsp3) is 0.636. The number of halogens is 1. The van der Waals surface area contributed by atoms with Crippen molar-refractivity contribution in [1.29, 1.82) is 0 Å². The molecule has 0 saturated carbocycles. The van der Waals surface area contributed by atoms with Crippen molar-refractivity contribution in [3.8, 4) is 0 Å². The normalized spacial score (nSPS) is 19.9. The summed E-state index contributed by atoms with van der Waals surface area (Å²) in [6.45, 7) is 4.49. The molecule has 2 rings (SSSR count). The molecule has 0 aromatic carbocycles. The number of thiophene rings is 1. The molecule has 1 unspecified atom stereocenters. The summed E-state index contributed by atoms with van der Waals surface area (Å²) in [4.78, 5) is 3.81. The van der Waals surface area contributed by atoms with Crippen molar-refractivity contribution < 1.29 is 5.11 Å². The third-order valence-corrected chi connectivity index (χ3v) is 4.64. The quantitative estimate of drug-likeness (QED) is 0.891. The van der Waals surface area contributed by atoms with Crippen molar-refractivity contribution >= 4 is 27.3 Å². The molecule has 1 saturated heterocycles. The molecular weight excluding hydrogens is 288 g/mol. The van der Waals surface area contributed by atoms with E-state index < -0.39 is 0 Å². The summed E-state index contributed by atoms with van der Waals surface area (Å²) in [5, 5.41) is 12.5. The first kappa shape index (κ1) is 12.5. The van der Waals surface area contributed by atoms with Crippen LogP contribution in [0.2, 0.25) is 0 Å². The van der Waals surface area contributed by atoms with Crippen LogP contribution in [0.4, 0.5) is 0 Å². The molecule has 1 aromatic heterocycles. The van der Waals surface area contributed by atoms with Crippen LogP contribution in [-0.4, -0.2) is 42.8 Å². The molecule has 1 aliphatic rings. The van der Waals surface area contributed by atoms with Gasteiger partial charge in [0.1, 0.15) is 0 Å². The van der Waals surface area contributed by atoms with Gasteiger partial charge in [-0.1, -0.05) is 0 Å². The standard InChI is InChI=1S/C11H17BrN2OS/c12-11-2-1-10(16-11)9(3-8-15)14-6-4-13-5-7-14/h1-2,9,13,15H,3-8H2. The molecule has 0 spiro atoms. The van der Waals surface area contributed by atoms with Crippen LogP contribution in [0.1, 0.15) is 17.3 Å². The molecule has 1 aliphatic heterocycles. The van der Waals surface area contributed by atoms with Gasteiger partial charge in [0.15, 0.2) is 0 Å². The fourth-order valence-electron chi connectivity index (χ4n) is 2.13. The maximum atomic E-state index is 9.19. The van der Waals surface area contributed by atoms with Gasteiger partial charge in [0.05, 0.1) is 3.79 Å². The van der Waals surface area contributed by atoms with Crippen LogP contribution in [0.25, 0.3) is 0 Å². The molecule has 1 fully saturated rings. The number of hydrogen-bond acceptors (Lipinski definition) is 4. The van der Waals surface area contributed by atoms with Crippen molar-refractivity contribution in [1.82, 2.24) is 10.2 Å². The Morgan fingerprint density at radius 2 is 2.19 bits per heavy atom. The molecule has 1 atom stereocenters. The van der Waals surface area contributed by atoms with Crippen LogP contribution in [0.3, 0.4) is 0 Å². The molecule has 2 heterocycles. The van der Waals surface area contributed by atoms with Crippen LogP contribution in [-0.2, 0) is 0 Å². The Hall–Kier alpha value is 0.0600. The topological polar surface area (TPSA) is 35.5 Å². The third-order valence-electron chi connectivity index (χ3n) is 2.92. The van der Waals surface area contributed by atoms with E-state index in [9.17, 15) is 5.11 Å². The second-order valence-corrected chi connectivity index (χ2v) is 6.45. The molecule has 5 heteroatoms. The van der Waals surface area contributed by atoms with E-state index in [2.05, 4.69) is 38.3 Å².